The number of halogens is 1. The molecule has 4 heteroatoms. The van der Waals surface area contributed by atoms with E-state index in [4.69, 9.17) is 4.74 Å². The lowest BCUT2D eigenvalue weighted by Gasteiger charge is -2.08. The Balaban J connectivity index is 0.00000144. The van der Waals surface area contributed by atoms with Crippen LogP contribution in [-0.4, -0.2) is 25.2 Å². The van der Waals surface area contributed by atoms with Crippen LogP contribution >= 0.6 is 12.4 Å². The molecule has 1 saturated heterocycles. The zero-order chi connectivity index (χ0) is 8.81. The molecular formula is C9H18ClNO2. The minimum Gasteiger partial charge on any atom is -0.466 e. The summed E-state index contributed by atoms with van der Waals surface area (Å²) >= 11 is 0. The maximum Gasteiger partial charge on any atom is 0.305 e. The van der Waals surface area contributed by atoms with Crippen LogP contribution in [0.25, 0.3) is 0 Å². The average molecular weight is 208 g/mol. The molecule has 0 saturated carbocycles. The Labute approximate surface area is 85.6 Å². The molecule has 0 aromatic heterocycles. The van der Waals surface area contributed by atoms with E-state index in [1.165, 1.54) is 12.8 Å². The summed E-state index contributed by atoms with van der Waals surface area (Å²) in [6, 6.07) is 0.550. The van der Waals surface area contributed by atoms with Gasteiger partial charge in [-0.1, -0.05) is 0 Å². The Morgan fingerprint density at radius 1 is 1.62 bits per heavy atom. The smallest absolute Gasteiger partial charge is 0.305 e. The zero-order valence-corrected chi connectivity index (χ0v) is 8.86. The normalized spacial score (nSPS) is 20.8. The molecule has 1 aliphatic heterocycles. The second-order valence-corrected chi connectivity index (χ2v) is 3.14. The zero-order valence-electron chi connectivity index (χ0n) is 8.04. The number of carbonyl (C=O) groups excluding carboxylic acids is 1. The van der Waals surface area contributed by atoms with Gasteiger partial charge in [-0.25, -0.2) is 0 Å². The summed E-state index contributed by atoms with van der Waals surface area (Å²) in [5, 5.41) is 3.35. The van der Waals surface area contributed by atoms with Gasteiger partial charge in [-0.15, -0.1) is 12.4 Å². The topological polar surface area (TPSA) is 38.3 Å². The van der Waals surface area contributed by atoms with Gasteiger partial charge in [0.1, 0.15) is 0 Å². The Morgan fingerprint density at radius 3 is 2.92 bits per heavy atom. The first kappa shape index (κ1) is 12.7. The van der Waals surface area contributed by atoms with Crippen molar-refractivity contribution in [3.63, 3.8) is 0 Å². The lowest BCUT2D eigenvalue weighted by Crippen LogP contribution is -2.22. The van der Waals surface area contributed by atoms with Gasteiger partial charge in [0.25, 0.3) is 0 Å². The van der Waals surface area contributed by atoms with Crippen molar-refractivity contribution < 1.29 is 9.53 Å². The molecule has 0 bridgehead atoms. The minimum atomic E-state index is -0.0637. The number of hydrogen-bond donors (Lipinski definition) is 1. The maximum absolute atomic E-state index is 10.9. The molecule has 0 spiro atoms. The third-order valence-corrected chi connectivity index (χ3v) is 2.16. The molecule has 1 heterocycles. The van der Waals surface area contributed by atoms with E-state index < -0.39 is 0 Å². The number of carbonyl (C=O) groups is 1. The second-order valence-electron chi connectivity index (χ2n) is 3.14. The van der Waals surface area contributed by atoms with E-state index in [1.807, 2.05) is 6.92 Å². The Bertz CT molecular complexity index is 147. The van der Waals surface area contributed by atoms with Gasteiger partial charge in [-0.2, -0.15) is 0 Å². The highest BCUT2D eigenvalue weighted by Crippen LogP contribution is 2.10. The summed E-state index contributed by atoms with van der Waals surface area (Å²) < 4.78 is 4.83. The number of esters is 1. The van der Waals surface area contributed by atoms with E-state index in [1.54, 1.807) is 0 Å². The Hall–Kier alpha value is -0.280. The molecule has 0 aromatic carbocycles. The summed E-state index contributed by atoms with van der Waals surface area (Å²) in [6.45, 7) is 3.44. The van der Waals surface area contributed by atoms with Gasteiger partial charge >= 0.3 is 5.97 Å². The van der Waals surface area contributed by atoms with Crippen LogP contribution in [0, 0.1) is 0 Å². The number of rotatable bonds is 4. The Kier molecular flexibility index (Phi) is 7.00. The van der Waals surface area contributed by atoms with Crippen molar-refractivity contribution in [1.29, 1.82) is 0 Å². The summed E-state index contributed by atoms with van der Waals surface area (Å²) in [6.07, 6.45) is 3.94. The van der Waals surface area contributed by atoms with Crippen LogP contribution in [0.5, 0.6) is 0 Å². The molecule has 1 N–H and O–H groups in total. The van der Waals surface area contributed by atoms with Crippen LogP contribution in [-0.2, 0) is 9.53 Å². The van der Waals surface area contributed by atoms with Crippen molar-refractivity contribution >= 4 is 18.4 Å². The van der Waals surface area contributed by atoms with Gasteiger partial charge in [0.15, 0.2) is 0 Å². The molecule has 3 nitrogen and oxygen atoms in total. The van der Waals surface area contributed by atoms with E-state index in [0.717, 1.165) is 13.0 Å². The molecule has 0 aliphatic carbocycles. The number of hydrogen-bond acceptors (Lipinski definition) is 3. The molecule has 1 aliphatic rings. The lowest BCUT2D eigenvalue weighted by molar-refractivity contribution is -0.143. The molecule has 78 valence electrons. The fraction of sp³-hybridized carbons (Fsp3) is 0.889. The van der Waals surface area contributed by atoms with Crippen molar-refractivity contribution in [2.45, 2.75) is 38.6 Å². The minimum absolute atomic E-state index is 0. The largest absolute Gasteiger partial charge is 0.466 e. The Morgan fingerprint density at radius 2 is 2.38 bits per heavy atom. The summed E-state index contributed by atoms with van der Waals surface area (Å²) in [5.41, 5.74) is 0. The van der Waals surface area contributed by atoms with E-state index in [9.17, 15) is 4.79 Å². The molecule has 0 aromatic rings. The summed E-state index contributed by atoms with van der Waals surface area (Å²) in [5.74, 6) is -0.0637. The van der Waals surface area contributed by atoms with Gasteiger partial charge in [0.05, 0.1) is 6.61 Å². The van der Waals surface area contributed by atoms with Gasteiger partial charge in [-0.05, 0) is 32.7 Å². The first-order valence-electron chi connectivity index (χ1n) is 4.72. The summed E-state index contributed by atoms with van der Waals surface area (Å²) in [4.78, 5) is 10.9. The lowest BCUT2D eigenvalue weighted by atomic mass is 10.1. The van der Waals surface area contributed by atoms with E-state index in [0.29, 0.717) is 19.1 Å². The molecular weight excluding hydrogens is 190 g/mol. The molecule has 1 fully saturated rings. The van der Waals surface area contributed by atoms with Crippen LogP contribution in [0.2, 0.25) is 0 Å². The van der Waals surface area contributed by atoms with Crippen LogP contribution in [0.1, 0.15) is 32.6 Å². The van der Waals surface area contributed by atoms with E-state index >= 15 is 0 Å². The maximum atomic E-state index is 10.9. The quantitative estimate of drug-likeness (QED) is 0.711. The summed E-state index contributed by atoms with van der Waals surface area (Å²) in [7, 11) is 0. The van der Waals surface area contributed by atoms with Crippen LogP contribution in [0.3, 0.4) is 0 Å². The van der Waals surface area contributed by atoms with Gasteiger partial charge < -0.3 is 10.1 Å². The highest BCUT2D eigenvalue weighted by atomic mass is 35.5. The number of nitrogens with one attached hydrogen (secondary N) is 1. The van der Waals surface area contributed by atoms with Crippen molar-refractivity contribution in [3.05, 3.63) is 0 Å². The SMILES string of the molecule is CCOC(=O)CC[C@H]1CCCN1.Cl. The molecule has 0 unspecified atom stereocenters. The van der Waals surface area contributed by atoms with Gasteiger partial charge in [-0.3, -0.25) is 4.79 Å². The van der Waals surface area contributed by atoms with Crippen LogP contribution in [0.4, 0.5) is 0 Å². The highest BCUT2D eigenvalue weighted by Gasteiger charge is 2.15. The predicted octanol–water partition coefficient (Wildman–Crippen LogP) is 1.50. The molecule has 0 amide bonds. The highest BCUT2D eigenvalue weighted by molar-refractivity contribution is 5.85. The predicted molar refractivity (Wildman–Crippen MR) is 54.1 cm³/mol. The first-order valence-corrected chi connectivity index (χ1v) is 4.72. The van der Waals surface area contributed by atoms with Gasteiger partial charge in [0, 0.05) is 12.5 Å². The first-order chi connectivity index (χ1) is 5.83. The van der Waals surface area contributed by atoms with Crippen molar-refractivity contribution in [2.24, 2.45) is 0 Å². The molecule has 13 heavy (non-hydrogen) atoms. The third kappa shape index (κ3) is 5.11. The fourth-order valence-corrected chi connectivity index (χ4v) is 1.53. The van der Waals surface area contributed by atoms with E-state index in [-0.39, 0.29) is 18.4 Å². The van der Waals surface area contributed by atoms with Crippen molar-refractivity contribution in [1.82, 2.24) is 5.32 Å². The van der Waals surface area contributed by atoms with Gasteiger partial charge in [0.2, 0.25) is 0 Å². The second kappa shape index (κ2) is 7.15. The monoisotopic (exact) mass is 207 g/mol. The number of ether oxygens (including phenoxy) is 1. The average Bonchev–Trinajstić information content (AvgIpc) is 2.53. The van der Waals surface area contributed by atoms with Crippen molar-refractivity contribution in [3.8, 4) is 0 Å². The third-order valence-electron chi connectivity index (χ3n) is 2.16. The van der Waals surface area contributed by atoms with Crippen molar-refractivity contribution in [2.75, 3.05) is 13.2 Å². The van der Waals surface area contributed by atoms with E-state index in [2.05, 4.69) is 5.32 Å². The molecule has 1 atom stereocenters. The molecule has 1 rings (SSSR count). The molecule has 0 radical (unpaired) electrons. The fourth-order valence-electron chi connectivity index (χ4n) is 1.53. The standard InChI is InChI=1S/C9H17NO2.ClH/c1-2-12-9(11)6-5-8-4-3-7-10-8;/h8,10H,2-7H2,1H3;1H/t8-;/m1./s1. The van der Waals surface area contributed by atoms with Crippen LogP contribution in [0.15, 0.2) is 0 Å². The van der Waals surface area contributed by atoms with Crippen LogP contribution < -0.4 is 5.32 Å².